The van der Waals surface area contributed by atoms with E-state index in [4.69, 9.17) is 0 Å². The lowest BCUT2D eigenvalue weighted by molar-refractivity contribution is 0.734. The van der Waals surface area contributed by atoms with Crippen molar-refractivity contribution in [2.24, 2.45) is 4.99 Å². The van der Waals surface area contributed by atoms with E-state index in [1.165, 1.54) is 5.69 Å². The van der Waals surface area contributed by atoms with Crippen LogP contribution in [-0.4, -0.2) is 19.4 Å². The number of benzene rings is 1. The molecule has 0 saturated heterocycles. The highest BCUT2D eigenvalue weighted by molar-refractivity contribution is 5.61. The van der Waals surface area contributed by atoms with Crippen LogP contribution in [-0.2, 0) is 0 Å². The summed E-state index contributed by atoms with van der Waals surface area (Å²) in [7, 11) is 0. The Morgan fingerprint density at radius 2 is 2.08 bits per heavy atom. The van der Waals surface area contributed by atoms with Crippen molar-refractivity contribution in [3.8, 4) is 0 Å². The minimum Gasteiger partial charge on any atom is -0.288 e. The minimum absolute atomic E-state index is 0.863. The van der Waals surface area contributed by atoms with Gasteiger partial charge in [0.2, 0.25) is 0 Å². The van der Waals surface area contributed by atoms with E-state index in [2.05, 4.69) is 27.6 Å². The zero-order chi connectivity index (χ0) is 8.23. The molecule has 3 heteroatoms. The summed E-state index contributed by atoms with van der Waals surface area (Å²) in [6, 6.07) is 10.2. The number of aliphatic imine (C=N–C) groups is 1. The van der Waals surface area contributed by atoms with Crippen LogP contribution in [0.3, 0.4) is 0 Å². The van der Waals surface area contributed by atoms with Gasteiger partial charge in [-0.2, -0.15) is 0 Å². The highest BCUT2D eigenvalue weighted by atomic mass is 15.5. The first kappa shape index (κ1) is 7.16. The normalized spacial score (nSPS) is 15.8. The van der Waals surface area contributed by atoms with Crippen molar-refractivity contribution in [2.75, 3.05) is 18.1 Å². The Labute approximate surface area is 71.7 Å². The van der Waals surface area contributed by atoms with Crippen LogP contribution in [0.5, 0.6) is 0 Å². The van der Waals surface area contributed by atoms with Crippen molar-refractivity contribution in [3.05, 3.63) is 30.3 Å². The first-order chi connectivity index (χ1) is 5.97. The number of hydrogen-bond donors (Lipinski definition) is 1. The summed E-state index contributed by atoms with van der Waals surface area (Å²) in [6.45, 7) is 1.79. The van der Waals surface area contributed by atoms with Crippen molar-refractivity contribution in [3.63, 3.8) is 0 Å². The summed E-state index contributed by atoms with van der Waals surface area (Å²) in [4.78, 5) is 4.08. The first-order valence-electron chi connectivity index (χ1n) is 4.04. The van der Waals surface area contributed by atoms with Gasteiger partial charge in [0.1, 0.15) is 6.34 Å². The van der Waals surface area contributed by atoms with Gasteiger partial charge >= 0.3 is 0 Å². The van der Waals surface area contributed by atoms with Crippen LogP contribution in [0.25, 0.3) is 0 Å². The monoisotopic (exact) mass is 161 g/mol. The topological polar surface area (TPSA) is 27.6 Å². The molecule has 0 unspecified atom stereocenters. The SMILES string of the molecule is C1=NCCN(c2ccccc2)N1. The second kappa shape index (κ2) is 3.26. The van der Waals surface area contributed by atoms with Crippen molar-refractivity contribution >= 4 is 12.0 Å². The predicted molar refractivity (Wildman–Crippen MR) is 50.3 cm³/mol. The Balaban J connectivity index is 2.15. The van der Waals surface area contributed by atoms with Crippen molar-refractivity contribution in [1.82, 2.24) is 5.43 Å². The third-order valence-electron chi connectivity index (χ3n) is 1.83. The lowest BCUT2D eigenvalue weighted by Gasteiger charge is -2.25. The minimum atomic E-state index is 0.863. The molecule has 0 amide bonds. The third kappa shape index (κ3) is 1.39. The number of hydrazine groups is 1. The Kier molecular flexibility index (Phi) is 1.94. The summed E-state index contributed by atoms with van der Waals surface area (Å²) < 4.78 is 0. The van der Waals surface area contributed by atoms with E-state index in [1.807, 2.05) is 18.2 Å². The van der Waals surface area contributed by atoms with Gasteiger partial charge in [0, 0.05) is 0 Å². The van der Waals surface area contributed by atoms with E-state index < -0.39 is 0 Å². The van der Waals surface area contributed by atoms with E-state index in [0.29, 0.717) is 0 Å². The molecule has 1 heterocycles. The molecule has 0 aromatic heterocycles. The molecule has 0 aliphatic carbocycles. The molecule has 0 atom stereocenters. The second-order valence-electron chi connectivity index (χ2n) is 2.65. The summed E-state index contributed by atoms with van der Waals surface area (Å²) in [5.74, 6) is 0. The van der Waals surface area contributed by atoms with E-state index in [0.717, 1.165) is 13.1 Å². The van der Waals surface area contributed by atoms with Crippen LogP contribution in [0.2, 0.25) is 0 Å². The van der Waals surface area contributed by atoms with Crippen LogP contribution >= 0.6 is 0 Å². The molecule has 1 aromatic carbocycles. The average molecular weight is 161 g/mol. The molecular weight excluding hydrogens is 150 g/mol. The van der Waals surface area contributed by atoms with Gasteiger partial charge < -0.3 is 0 Å². The van der Waals surface area contributed by atoms with E-state index in [1.54, 1.807) is 6.34 Å². The van der Waals surface area contributed by atoms with Crippen molar-refractivity contribution < 1.29 is 0 Å². The van der Waals surface area contributed by atoms with Gasteiger partial charge in [-0.15, -0.1) is 0 Å². The Hall–Kier alpha value is -1.51. The summed E-state index contributed by atoms with van der Waals surface area (Å²) in [6.07, 6.45) is 1.73. The molecule has 1 aliphatic heterocycles. The maximum Gasteiger partial charge on any atom is 0.101 e. The lowest BCUT2D eigenvalue weighted by atomic mass is 10.3. The average Bonchev–Trinajstić information content (AvgIpc) is 2.21. The summed E-state index contributed by atoms with van der Waals surface area (Å²) >= 11 is 0. The molecule has 12 heavy (non-hydrogen) atoms. The number of anilines is 1. The molecule has 1 N–H and O–H groups in total. The van der Waals surface area contributed by atoms with Gasteiger partial charge in [-0.1, -0.05) is 18.2 Å². The number of nitrogens with zero attached hydrogens (tertiary/aromatic N) is 2. The highest BCUT2D eigenvalue weighted by Gasteiger charge is 2.04. The van der Waals surface area contributed by atoms with Gasteiger partial charge in [0.25, 0.3) is 0 Å². The zero-order valence-corrected chi connectivity index (χ0v) is 6.77. The fourth-order valence-corrected chi connectivity index (χ4v) is 1.21. The summed E-state index contributed by atoms with van der Waals surface area (Å²) in [5.41, 5.74) is 4.26. The van der Waals surface area contributed by atoms with Crippen molar-refractivity contribution in [1.29, 1.82) is 0 Å². The van der Waals surface area contributed by atoms with Gasteiger partial charge in [0.15, 0.2) is 0 Å². The smallest absolute Gasteiger partial charge is 0.101 e. The number of nitrogens with one attached hydrogen (secondary N) is 1. The molecule has 3 nitrogen and oxygen atoms in total. The molecular formula is C9H11N3. The van der Waals surface area contributed by atoms with E-state index in [9.17, 15) is 0 Å². The number of para-hydroxylation sites is 1. The van der Waals surface area contributed by atoms with Crippen LogP contribution in [0.4, 0.5) is 5.69 Å². The van der Waals surface area contributed by atoms with Gasteiger partial charge in [-0.3, -0.25) is 15.4 Å². The van der Waals surface area contributed by atoms with E-state index in [-0.39, 0.29) is 0 Å². The Bertz CT molecular complexity index is 268. The number of hydrogen-bond acceptors (Lipinski definition) is 3. The summed E-state index contributed by atoms with van der Waals surface area (Å²) in [5, 5.41) is 2.08. The van der Waals surface area contributed by atoms with Gasteiger partial charge in [-0.25, -0.2) is 0 Å². The van der Waals surface area contributed by atoms with Crippen LogP contribution in [0.15, 0.2) is 35.3 Å². The standard InChI is InChI=1S/C9H11N3/c1-2-4-9(5-3-1)12-7-6-10-8-11-12/h1-5,8H,6-7H2,(H,10,11). The third-order valence-corrected chi connectivity index (χ3v) is 1.83. The molecule has 1 aromatic rings. The van der Waals surface area contributed by atoms with Crippen molar-refractivity contribution in [2.45, 2.75) is 0 Å². The first-order valence-corrected chi connectivity index (χ1v) is 4.04. The molecule has 2 rings (SSSR count). The van der Waals surface area contributed by atoms with Gasteiger partial charge in [-0.05, 0) is 12.1 Å². The molecule has 0 spiro atoms. The van der Waals surface area contributed by atoms with E-state index >= 15 is 0 Å². The molecule has 0 bridgehead atoms. The Morgan fingerprint density at radius 1 is 1.25 bits per heavy atom. The van der Waals surface area contributed by atoms with Crippen LogP contribution in [0.1, 0.15) is 0 Å². The van der Waals surface area contributed by atoms with Gasteiger partial charge in [0.05, 0.1) is 18.8 Å². The maximum absolute atomic E-state index is 4.08. The maximum atomic E-state index is 4.08. The number of rotatable bonds is 1. The van der Waals surface area contributed by atoms with Crippen LogP contribution in [0, 0.1) is 0 Å². The second-order valence-corrected chi connectivity index (χ2v) is 2.65. The molecule has 0 saturated carbocycles. The molecule has 0 radical (unpaired) electrons. The quantitative estimate of drug-likeness (QED) is 0.666. The van der Waals surface area contributed by atoms with Crippen LogP contribution < -0.4 is 10.4 Å². The fraction of sp³-hybridized carbons (Fsp3) is 0.222. The zero-order valence-electron chi connectivity index (χ0n) is 6.77. The molecule has 62 valence electrons. The Morgan fingerprint density at radius 3 is 2.75 bits per heavy atom. The molecule has 0 fully saturated rings. The molecule has 1 aliphatic rings. The highest BCUT2D eigenvalue weighted by Crippen LogP contribution is 2.10. The fourth-order valence-electron chi connectivity index (χ4n) is 1.21. The predicted octanol–water partition coefficient (Wildman–Crippen LogP) is 1.04. The largest absolute Gasteiger partial charge is 0.288 e. The lowest BCUT2D eigenvalue weighted by Crippen LogP contribution is -2.42.